The van der Waals surface area contributed by atoms with E-state index in [4.69, 9.17) is 0 Å². The molecule has 2 aliphatic rings. The highest BCUT2D eigenvalue weighted by molar-refractivity contribution is 5.84. The number of piperidine rings is 1. The van der Waals surface area contributed by atoms with Gasteiger partial charge in [-0.05, 0) is 61.1 Å². The van der Waals surface area contributed by atoms with Gasteiger partial charge in [0.15, 0.2) is 0 Å². The number of nitrogens with one attached hydrogen (secondary N) is 1. The van der Waals surface area contributed by atoms with E-state index < -0.39 is 5.41 Å². The number of likely N-dealkylation sites (tertiary alicyclic amines) is 2. The van der Waals surface area contributed by atoms with Crippen molar-refractivity contribution in [1.29, 1.82) is 0 Å². The summed E-state index contributed by atoms with van der Waals surface area (Å²) in [5.74, 6) is 0.721. The number of carbonyl (C=O) groups is 2. The maximum atomic E-state index is 13.6. The van der Waals surface area contributed by atoms with E-state index in [2.05, 4.69) is 10.3 Å². The van der Waals surface area contributed by atoms with Crippen LogP contribution in [0.1, 0.15) is 49.8 Å². The molecule has 2 amide bonds. The summed E-state index contributed by atoms with van der Waals surface area (Å²) in [6.45, 7) is 3.95. The molecule has 32 heavy (non-hydrogen) atoms. The smallest absolute Gasteiger partial charge is 0.229 e. The zero-order valence-electron chi connectivity index (χ0n) is 18.8. The maximum absolute atomic E-state index is 13.6. The van der Waals surface area contributed by atoms with Crippen LogP contribution in [0.2, 0.25) is 0 Å². The maximum Gasteiger partial charge on any atom is 0.229 e. The van der Waals surface area contributed by atoms with Gasteiger partial charge in [-0.1, -0.05) is 19.1 Å². The average Bonchev–Trinajstić information content (AvgIpc) is 3.30. The second-order valence-electron chi connectivity index (χ2n) is 9.13. The number of amides is 2. The number of hydrogen-bond acceptors (Lipinski definition) is 4. The molecule has 2 aliphatic heterocycles. The van der Waals surface area contributed by atoms with Gasteiger partial charge in [0.25, 0.3) is 0 Å². The van der Waals surface area contributed by atoms with Crippen molar-refractivity contribution in [1.82, 2.24) is 14.8 Å². The first-order chi connectivity index (χ1) is 15.4. The Morgan fingerprint density at radius 3 is 2.56 bits per heavy atom. The summed E-state index contributed by atoms with van der Waals surface area (Å²) >= 11 is 0. The zero-order valence-corrected chi connectivity index (χ0v) is 18.8. The Hall–Kier alpha value is -2.96. The third kappa shape index (κ3) is 4.61. The van der Waals surface area contributed by atoms with Gasteiger partial charge in [-0.25, -0.2) is 9.37 Å². The topological polar surface area (TPSA) is 65.5 Å². The average molecular weight is 439 g/mol. The zero-order chi connectivity index (χ0) is 22.7. The quantitative estimate of drug-likeness (QED) is 0.771. The van der Waals surface area contributed by atoms with Gasteiger partial charge in [0.2, 0.25) is 11.8 Å². The number of anilines is 1. The molecule has 0 aliphatic carbocycles. The molecule has 1 N–H and O–H groups in total. The minimum atomic E-state index is -0.464. The lowest BCUT2D eigenvalue weighted by atomic mass is 9.78. The monoisotopic (exact) mass is 438 g/mol. The van der Waals surface area contributed by atoms with Gasteiger partial charge in [-0.2, -0.15) is 0 Å². The number of carbonyl (C=O) groups excluding carboxylic acids is 2. The van der Waals surface area contributed by atoms with E-state index in [9.17, 15) is 14.0 Å². The van der Waals surface area contributed by atoms with Crippen LogP contribution in [0.3, 0.4) is 0 Å². The van der Waals surface area contributed by atoms with Gasteiger partial charge in [-0.15, -0.1) is 0 Å². The molecule has 0 radical (unpaired) electrons. The molecule has 0 saturated carbocycles. The number of halogens is 1. The molecule has 4 rings (SSSR count). The largest absolute Gasteiger partial charge is 0.373 e. The van der Waals surface area contributed by atoms with Crippen molar-refractivity contribution in [3.05, 3.63) is 59.5 Å². The van der Waals surface area contributed by atoms with Crippen LogP contribution in [0, 0.1) is 11.2 Å². The van der Waals surface area contributed by atoms with E-state index >= 15 is 0 Å². The molecule has 170 valence electrons. The molecule has 3 heterocycles. The lowest BCUT2D eigenvalue weighted by Crippen LogP contribution is -2.50. The molecule has 2 fully saturated rings. The van der Waals surface area contributed by atoms with E-state index in [1.807, 2.05) is 35.9 Å². The minimum absolute atomic E-state index is 0.0292. The highest BCUT2D eigenvalue weighted by Crippen LogP contribution is 2.40. The van der Waals surface area contributed by atoms with Crippen LogP contribution in [-0.2, 0) is 16.0 Å². The van der Waals surface area contributed by atoms with E-state index in [1.165, 1.54) is 12.1 Å². The van der Waals surface area contributed by atoms with Crippen molar-refractivity contribution in [2.45, 2.75) is 45.1 Å². The molecule has 0 bridgehead atoms. The Kier molecular flexibility index (Phi) is 6.44. The van der Waals surface area contributed by atoms with Gasteiger partial charge < -0.3 is 15.1 Å². The van der Waals surface area contributed by atoms with Gasteiger partial charge in [0, 0.05) is 38.3 Å². The molecule has 1 aromatic heterocycles. The van der Waals surface area contributed by atoms with Crippen LogP contribution in [0.4, 0.5) is 10.2 Å². The van der Waals surface area contributed by atoms with Gasteiger partial charge in [0.1, 0.15) is 11.6 Å². The van der Waals surface area contributed by atoms with Crippen molar-refractivity contribution >= 4 is 17.6 Å². The van der Waals surface area contributed by atoms with Gasteiger partial charge in [0.05, 0.1) is 12.5 Å². The summed E-state index contributed by atoms with van der Waals surface area (Å²) in [7, 11) is 1.84. The fraction of sp³-hybridized carbons (Fsp3) is 0.480. The lowest BCUT2D eigenvalue weighted by molar-refractivity contribution is -0.148. The molecular weight excluding hydrogens is 407 g/mol. The number of aromatic nitrogens is 1. The lowest BCUT2D eigenvalue weighted by Gasteiger charge is -2.41. The van der Waals surface area contributed by atoms with Crippen molar-refractivity contribution in [2.75, 3.05) is 32.0 Å². The van der Waals surface area contributed by atoms with Crippen molar-refractivity contribution in [3.8, 4) is 0 Å². The fourth-order valence-electron chi connectivity index (χ4n) is 4.85. The summed E-state index contributed by atoms with van der Waals surface area (Å²) in [6, 6.07) is 10.2. The molecule has 2 aromatic rings. The summed E-state index contributed by atoms with van der Waals surface area (Å²) in [5, 5.41) is 3.07. The van der Waals surface area contributed by atoms with Crippen molar-refractivity contribution in [2.24, 2.45) is 5.41 Å². The van der Waals surface area contributed by atoms with Crippen LogP contribution in [-0.4, -0.2) is 53.3 Å². The standard InChI is InChI=1S/C25H31FN4O2/c1-25(10-14-29(15-11-25)23(31)16-18-5-7-20(26)8-6-18)24(32)30-13-3-4-21(30)19-9-12-28-22(17-19)27-2/h5-9,12,17,21H,3-4,10-11,13-16H2,1-2H3,(H,27,28)/t21-/m0/s1. The summed E-state index contributed by atoms with van der Waals surface area (Å²) in [4.78, 5) is 34.5. The summed E-state index contributed by atoms with van der Waals surface area (Å²) in [6.07, 6.45) is 5.30. The molecule has 2 saturated heterocycles. The van der Waals surface area contributed by atoms with Crippen LogP contribution >= 0.6 is 0 Å². The van der Waals surface area contributed by atoms with Crippen LogP contribution in [0.25, 0.3) is 0 Å². The van der Waals surface area contributed by atoms with Crippen molar-refractivity contribution < 1.29 is 14.0 Å². The predicted octanol–water partition coefficient (Wildman–Crippen LogP) is 3.80. The van der Waals surface area contributed by atoms with Crippen molar-refractivity contribution in [3.63, 3.8) is 0 Å². The van der Waals surface area contributed by atoms with E-state index in [0.717, 1.165) is 36.3 Å². The first-order valence-corrected chi connectivity index (χ1v) is 11.4. The SMILES string of the molecule is CNc1cc([C@@H]2CCCN2C(=O)C2(C)CCN(C(=O)Cc3ccc(F)cc3)CC2)ccn1. The second-order valence-corrected chi connectivity index (χ2v) is 9.13. The molecule has 0 unspecified atom stereocenters. The molecule has 6 nitrogen and oxygen atoms in total. The minimum Gasteiger partial charge on any atom is -0.373 e. The first kappa shape index (κ1) is 22.2. The number of rotatable bonds is 5. The van der Waals surface area contributed by atoms with Crippen LogP contribution in [0.15, 0.2) is 42.6 Å². The third-order valence-electron chi connectivity index (χ3n) is 6.94. The van der Waals surface area contributed by atoms with Crippen LogP contribution in [0.5, 0.6) is 0 Å². The Morgan fingerprint density at radius 1 is 1.16 bits per heavy atom. The molecule has 7 heteroatoms. The third-order valence-corrected chi connectivity index (χ3v) is 6.94. The fourth-order valence-corrected chi connectivity index (χ4v) is 4.85. The Morgan fingerprint density at radius 2 is 1.88 bits per heavy atom. The van der Waals surface area contributed by atoms with Gasteiger partial charge >= 0.3 is 0 Å². The van der Waals surface area contributed by atoms with E-state index in [1.54, 1.807) is 18.3 Å². The number of pyridine rings is 1. The number of hydrogen-bond donors (Lipinski definition) is 1. The molecule has 0 spiro atoms. The van der Waals surface area contributed by atoms with Gasteiger partial charge in [-0.3, -0.25) is 9.59 Å². The molecular formula is C25H31FN4O2. The van der Waals surface area contributed by atoms with Crippen LogP contribution < -0.4 is 5.32 Å². The molecule has 1 aromatic carbocycles. The molecule has 1 atom stereocenters. The highest BCUT2D eigenvalue weighted by Gasteiger charge is 2.43. The number of benzene rings is 1. The second kappa shape index (κ2) is 9.27. The van der Waals surface area contributed by atoms with E-state index in [0.29, 0.717) is 25.9 Å². The normalized spacial score (nSPS) is 20.3. The predicted molar refractivity (Wildman–Crippen MR) is 121 cm³/mol. The first-order valence-electron chi connectivity index (χ1n) is 11.4. The van der Waals surface area contributed by atoms with E-state index in [-0.39, 0.29) is 30.1 Å². The summed E-state index contributed by atoms with van der Waals surface area (Å²) in [5.41, 5.74) is 1.46. The Bertz CT molecular complexity index is 970. The Balaban J connectivity index is 1.39. The highest BCUT2D eigenvalue weighted by atomic mass is 19.1. The number of nitrogens with zero attached hydrogens (tertiary/aromatic N) is 3. The Labute approximate surface area is 188 Å². The summed E-state index contributed by atoms with van der Waals surface area (Å²) < 4.78 is 13.1.